The van der Waals surface area contributed by atoms with Gasteiger partial charge in [0.1, 0.15) is 6.26 Å². The van der Waals surface area contributed by atoms with Crippen LogP contribution in [0.4, 0.5) is 0 Å². The Bertz CT molecular complexity index is 195. The van der Waals surface area contributed by atoms with E-state index in [1.54, 1.807) is 6.26 Å². The molecule has 0 unspecified atom stereocenters. The van der Waals surface area contributed by atoms with Gasteiger partial charge in [0.15, 0.2) is 0 Å². The molecule has 0 aliphatic heterocycles. The number of nitrogens with two attached hydrogens (primary N) is 1. The summed E-state index contributed by atoms with van der Waals surface area (Å²) in [4.78, 5) is 4.13. The summed E-state index contributed by atoms with van der Waals surface area (Å²) in [6.07, 6.45) is 3.74. The summed E-state index contributed by atoms with van der Waals surface area (Å²) in [5.74, 6) is 0.628. The van der Waals surface area contributed by atoms with Crippen molar-refractivity contribution in [3.8, 4) is 0 Å². The fourth-order valence-corrected chi connectivity index (χ4v) is 0.814. The fraction of sp³-hybridized carbons (Fsp3) is 0.571. The second kappa shape index (κ2) is 3.37. The first-order chi connectivity index (χ1) is 4.86. The molecule has 1 heterocycles. The van der Waals surface area contributed by atoms with E-state index < -0.39 is 0 Å². The predicted octanol–water partition coefficient (Wildman–Crippen LogP) is 1.09. The lowest BCUT2D eigenvalue weighted by Crippen LogP contribution is -1.96. The first kappa shape index (κ1) is 7.28. The first-order valence-electron chi connectivity index (χ1n) is 3.50. The number of hydrogen-bond donors (Lipinski definition) is 1. The van der Waals surface area contributed by atoms with Gasteiger partial charge >= 0.3 is 0 Å². The van der Waals surface area contributed by atoms with Crippen LogP contribution < -0.4 is 5.73 Å². The van der Waals surface area contributed by atoms with Crippen LogP contribution in [0.25, 0.3) is 0 Å². The highest BCUT2D eigenvalue weighted by Crippen LogP contribution is 2.02. The molecule has 1 aromatic heterocycles. The van der Waals surface area contributed by atoms with E-state index in [2.05, 4.69) is 11.9 Å². The van der Waals surface area contributed by atoms with Gasteiger partial charge in [-0.3, -0.25) is 0 Å². The first-order valence-corrected chi connectivity index (χ1v) is 3.50. The Morgan fingerprint density at radius 1 is 1.70 bits per heavy atom. The van der Waals surface area contributed by atoms with Crippen LogP contribution >= 0.6 is 0 Å². The largest absolute Gasteiger partial charge is 0.447 e. The highest BCUT2D eigenvalue weighted by atomic mass is 16.3. The summed E-state index contributed by atoms with van der Waals surface area (Å²) >= 11 is 0. The maximum Gasteiger partial charge on any atom is 0.207 e. The van der Waals surface area contributed by atoms with Crippen molar-refractivity contribution in [2.75, 3.05) is 0 Å². The molecule has 0 amide bonds. The van der Waals surface area contributed by atoms with Crippen LogP contribution in [-0.4, -0.2) is 4.98 Å². The molecule has 0 aliphatic rings. The van der Waals surface area contributed by atoms with E-state index in [1.165, 1.54) is 0 Å². The third kappa shape index (κ3) is 1.57. The molecule has 0 fully saturated rings. The molecule has 56 valence electrons. The number of aromatic nitrogens is 1. The van der Waals surface area contributed by atoms with Crippen molar-refractivity contribution in [2.45, 2.75) is 26.3 Å². The molecular formula is C7H12N2O. The highest BCUT2D eigenvalue weighted by Gasteiger charge is 1.98. The van der Waals surface area contributed by atoms with Crippen molar-refractivity contribution < 1.29 is 4.42 Å². The van der Waals surface area contributed by atoms with E-state index in [4.69, 9.17) is 10.2 Å². The Labute approximate surface area is 60.2 Å². The van der Waals surface area contributed by atoms with Gasteiger partial charge in [-0.25, -0.2) is 4.98 Å². The van der Waals surface area contributed by atoms with Crippen LogP contribution in [0.15, 0.2) is 10.7 Å². The summed E-state index contributed by atoms with van der Waals surface area (Å²) in [6, 6.07) is 0. The van der Waals surface area contributed by atoms with Gasteiger partial charge in [-0.2, -0.15) is 0 Å². The average Bonchev–Trinajstić information content (AvgIpc) is 2.37. The molecule has 0 saturated heterocycles. The molecule has 10 heavy (non-hydrogen) atoms. The predicted molar refractivity (Wildman–Crippen MR) is 38.4 cm³/mol. The molecule has 0 atom stereocenters. The van der Waals surface area contributed by atoms with E-state index in [0.29, 0.717) is 12.4 Å². The molecule has 0 bridgehead atoms. The fourth-order valence-electron chi connectivity index (χ4n) is 0.814. The summed E-state index contributed by atoms with van der Waals surface area (Å²) in [7, 11) is 0. The van der Waals surface area contributed by atoms with Crippen molar-refractivity contribution >= 4 is 0 Å². The van der Waals surface area contributed by atoms with Gasteiger partial charge in [0.05, 0.1) is 12.2 Å². The van der Waals surface area contributed by atoms with E-state index in [1.807, 2.05) is 0 Å². The van der Waals surface area contributed by atoms with Gasteiger partial charge < -0.3 is 10.2 Å². The minimum Gasteiger partial charge on any atom is -0.447 e. The van der Waals surface area contributed by atoms with E-state index >= 15 is 0 Å². The zero-order valence-electron chi connectivity index (χ0n) is 6.13. The molecule has 3 heteroatoms. The summed E-state index contributed by atoms with van der Waals surface area (Å²) in [6.45, 7) is 2.50. The van der Waals surface area contributed by atoms with Crippen molar-refractivity contribution in [3.05, 3.63) is 17.8 Å². The lowest BCUT2D eigenvalue weighted by molar-refractivity contribution is 0.497. The van der Waals surface area contributed by atoms with Gasteiger partial charge in [0.25, 0.3) is 0 Å². The molecule has 2 N–H and O–H groups in total. The maximum atomic E-state index is 5.30. The number of nitrogens with zero attached hydrogens (tertiary/aromatic N) is 1. The SMILES string of the molecule is CCCc1coc(CN)n1. The van der Waals surface area contributed by atoms with Gasteiger partial charge in [0.2, 0.25) is 5.89 Å². The van der Waals surface area contributed by atoms with Crippen LogP contribution in [0.5, 0.6) is 0 Å². The Morgan fingerprint density at radius 2 is 2.50 bits per heavy atom. The van der Waals surface area contributed by atoms with Gasteiger partial charge in [-0.1, -0.05) is 13.3 Å². The topological polar surface area (TPSA) is 52.0 Å². The van der Waals surface area contributed by atoms with Crippen LogP contribution in [0, 0.1) is 0 Å². The van der Waals surface area contributed by atoms with Crippen molar-refractivity contribution in [2.24, 2.45) is 5.73 Å². The molecule has 1 aromatic rings. The highest BCUT2D eigenvalue weighted by molar-refractivity contribution is 4.95. The normalized spacial score (nSPS) is 10.2. The second-order valence-electron chi connectivity index (χ2n) is 2.19. The van der Waals surface area contributed by atoms with Crippen LogP contribution in [0.3, 0.4) is 0 Å². The quantitative estimate of drug-likeness (QED) is 0.683. The lowest BCUT2D eigenvalue weighted by atomic mass is 10.3. The zero-order chi connectivity index (χ0) is 7.40. The Balaban J connectivity index is 2.59. The lowest BCUT2D eigenvalue weighted by Gasteiger charge is -1.85. The molecule has 0 aliphatic carbocycles. The number of aryl methyl sites for hydroxylation is 1. The summed E-state index contributed by atoms with van der Waals surface area (Å²) in [5.41, 5.74) is 6.31. The zero-order valence-corrected chi connectivity index (χ0v) is 6.13. The molecular weight excluding hydrogens is 128 g/mol. The Morgan fingerprint density at radius 3 is 3.00 bits per heavy atom. The monoisotopic (exact) mass is 140 g/mol. The Kier molecular flexibility index (Phi) is 2.45. The van der Waals surface area contributed by atoms with E-state index in [0.717, 1.165) is 18.5 Å². The van der Waals surface area contributed by atoms with Crippen LogP contribution in [0.2, 0.25) is 0 Å². The smallest absolute Gasteiger partial charge is 0.207 e. The van der Waals surface area contributed by atoms with Crippen molar-refractivity contribution in [1.82, 2.24) is 4.98 Å². The average molecular weight is 140 g/mol. The standard InChI is InChI=1S/C7H12N2O/c1-2-3-6-5-10-7(4-8)9-6/h5H,2-4,8H2,1H3. The van der Waals surface area contributed by atoms with E-state index in [9.17, 15) is 0 Å². The molecule has 0 spiro atoms. The Hall–Kier alpha value is -0.830. The van der Waals surface area contributed by atoms with E-state index in [-0.39, 0.29) is 0 Å². The third-order valence-electron chi connectivity index (χ3n) is 1.28. The molecule has 0 radical (unpaired) electrons. The van der Waals surface area contributed by atoms with Gasteiger partial charge in [0, 0.05) is 0 Å². The van der Waals surface area contributed by atoms with Crippen LogP contribution in [0.1, 0.15) is 24.9 Å². The minimum absolute atomic E-state index is 0.393. The summed E-state index contributed by atoms with van der Waals surface area (Å²) < 4.78 is 5.03. The molecule has 0 saturated carbocycles. The molecule has 1 rings (SSSR count). The molecule has 3 nitrogen and oxygen atoms in total. The van der Waals surface area contributed by atoms with Crippen molar-refractivity contribution in [1.29, 1.82) is 0 Å². The van der Waals surface area contributed by atoms with Crippen molar-refractivity contribution in [3.63, 3.8) is 0 Å². The maximum absolute atomic E-state index is 5.30. The minimum atomic E-state index is 0.393. The summed E-state index contributed by atoms with van der Waals surface area (Å²) in [5, 5.41) is 0. The second-order valence-corrected chi connectivity index (χ2v) is 2.19. The van der Waals surface area contributed by atoms with Gasteiger partial charge in [-0.15, -0.1) is 0 Å². The number of rotatable bonds is 3. The van der Waals surface area contributed by atoms with Gasteiger partial charge in [-0.05, 0) is 6.42 Å². The number of hydrogen-bond acceptors (Lipinski definition) is 3. The molecule has 0 aromatic carbocycles. The van der Waals surface area contributed by atoms with Crippen LogP contribution in [-0.2, 0) is 13.0 Å². The third-order valence-corrected chi connectivity index (χ3v) is 1.28. The number of oxazole rings is 1.